The summed E-state index contributed by atoms with van der Waals surface area (Å²) in [6, 6.07) is 0. The number of rotatable bonds is 1. The summed E-state index contributed by atoms with van der Waals surface area (Å²) in [6.07, 6.45) is 4.13. The molecule has 7 heteroatoms. The predicted octanol–water partition coefficient (Wildman–Crippen LogP) is 3.18. The van der Waals surface area contributed by atoms with E-state index < -0.39 is 11.2 Å². The molecule has 0 aromatic carbocycles. The average molecular weight is 388 g/mol. The van der Waals surface area contributed by atoms with Gasteiger partial charge in [0.25, 0.3) is 0 Å². The molecule has 1 aliphatic heterocycles. The number of aliphatic hydroxyl groups is 1. The minimum Gasteiger partial charge on any atom is -0.444 e. The second-order valence-corrected chi connectivity index (χ2v) is 8.02. The number of imidazole rings is 1. The van der Waals surface area contributed by atoms with Gasteiger partial charge >= 0.3 is 6.09 Å². The third-order valence-electron chi connectivity index (χ3n) is 3.95. The van der Waals surface area contributed by atoms with E-state index in [0.29, 0.717) is 44.6 Å². The monoisotopic (exact) mass is 387 g/mol. The Morgan fingerprint density at radius 1 is 1.35 bits per heavy atom. The van der Waals surface area contributed by atoms with Crippen molar-refractivity contribution >= 4 is 22.0 Å². The van der Waals surface area contributed by atoms with Gasteiger partial charge in [-0.15, -0.1) is 0 Å². The number of nitrogens with zero attached hydrogens (tertiary/aromatic N) is 3. The summed E-state index contributed by atoms with van der Waals surface area (Å²) in [5, 5.41) is 11.0. The lowest BCUT2D eigenvalue weighted by Gasteiger charge is -2.34. The number of amides is 1. The van der Waals surface area contributed by atoms with Crippen LogP contribution in [0.2, 0.25) is 0 Å². The molecule has 1 aromatic heterocycles. The third-order valence-corrected chi connectivity index (χ3v) is 4.33. The van der Waals surface area contributed by atoms with Crippen LogP contribution in [-0.2, 0) is 17.4 Å². The van der Waals surface area contributed by atoms with Gasteiger partial charge in [0, 0.05) is 26.3 Å². The fourth-order valence-electron chi connectivity index (χ4n) is 2.96. The van der Waals surface area contributed by atoms with Crippen LogP contribution >= 0.6 is 15.9 Å². The first-order valence-electron chi connectivity index (χ1n) is 8.00. The van der Waals surface area contributed by atoms with Crippen molar-refractivity contribution in [2.75, 3.05) is 13.1 Å². The number of hydrogen-bond acceptors (Lipinski definition) is 4. The van der Waals surface area contributed by atoms with Crippen LogP contribution in [0.15, 0.2) is 10.8 Å². The summed E-state index contributed by atoms with van der Waals surface area (Å²) >= 11 is 3.35. The first-order chi connectivity index (χ1) is 10.6. The van der Waals surface area contributed by atoms with Crippen molar-refractivity contribution in [1.82, 2.24) is 14.5 Å². The standard InChI is InChI=1S/C16H26BrN3O3/c1-15(2,3)23-14(21)20-9-5-7-16(22,8-6-10-20)13-18-12(17)11-19(13)4/h11,22H,5-10H2,1-4H3. The molecule has 0 spiro atoms. The normalized spacial score (nSPS) is 19.1. The molecule has 6 nitrogen and oxygen atoms in total. The van der Waals surface area contributed by atoms with E-state index in [2.05, 4.69) is 20.9 Å². The molecule has 1 aliphatic rings. The Balaban J connectivity index is 2.02. The van der Waals surface area contributed by atoms with Crippen molar-refractivity contribution in [3.05, 3.63) is 16.6 Å². The highest BCUT2D eigenvalue weighted by atomic mass is 79.9. The number of carbonyl (C=O) groups is 1. The highest BCUT2D eigenvalue weighted by Crippen LogP contribution is 2.33. The molecule has 0 unspecified atom stereocenters. The average Bonchev–Trinajstić information content (AvgIpc) is 2.71. The smallest absolute Gasteiger partial charge is 0.410 e. The van der Waals surface area contributed by atoms with Crippen LogP contribution in [0.25, 0.3) is 0 Å². The second kappa shape index (κ2) is 6.81. The van der Waals surface area contributed by atoms with Gasteiger partial charge < -0.3 is 19.3 Å². The van der Waals surface area contributed by atoms with Crippen molar-refractivity contribution in [3.8, 4) is 0 Å². The van der Waals surface area contributed by atoms with Gasteiger partial charge in [0.15, 0.2) is 0 Å². The van der Waals surface area contributed by atoms with Crippen LogP contribution in [0.3, 0.4) is 0 Å². The van der Waals surface area contributed by atoms with E-state index in [4.69, 9.17) is 4.74 Å². The maximum absolute atomic E-state index is 12.2. The number of ether oxygens (including phenoxy) is 1. The lowest BCUT2D eigenvalue weighted by molar-refractivity contribution is -0.0157. The van der Waals surface area contributed by atoms with E-state index in [9.17, 15) is 9.90 Å². The molecule has 1 N–H and O–H groups in total. The number of halogens is 1. The first-order valence-corrected chi connectivity index (χ1v) is 8.80. The Hall–Kier alpha value is -1.08. The summed E-state index contributed by atoms with van der Waals surface area (Å²) in [7, 11) is 1.89. The topological polar surface area (TPSA) is 67.6 Å². The van der Waals surface area contributed by atoms with Crippen LogP contribution in [0.4, 0.5) is 4.79 Å². The van der Waals surface area contributed by atoms with Crippen LogP contribution in [0.1, 0.15) is 52.3 Å². The molecule has 0 bridgehead atoms. The van der Waals surface area contributed by atoms with Gasteiger partial charge in [0.2, 0.25) is 0 Å². The van der Waals surface area contributed by atoms with Gasteiger partial charge in [-0.05, 0) is 62.4 Å². The Morgan fingerprint density at radius 3 is 2.35 bits per heavy atom. The zero-order valence-corrected chi connectivity index (χ0v) is 15.9. The zero-order chi connectivity index (χ0) is 17.3. The molecule has 0 atom stereocenters. The predicted molar refractivity (Wildman–Crippen MR) is 91.1 cm³/mol. The molecular weight excluding hydrogens is 362 g/mol. The van der Waals surface area contributed by atoms with Gasteiger partial charge in [-0.25, -0.2) is 9.78 Å². The summed E-state index contributed by atoms with van der Waals surface area (Å²) in [6.45, 7) is 6.78. The molecule has 0 saturated carbocycles. The molecule has 1 fully saturated rings. The maximum atomic E-state index is 12.2. The maximum Gasteiger partial charge on any atom is 0.410 e. The van der Waals surface area contributed by atoms with E-state index in [-0.39, 0.29) is 6.09 Å². The van der Waals surface area contributed by atoms with Gasteiger partial charge in [-0.2, -0.15) is 0 Å². The van der Waals surface area contributed by atoms with Crippen molar-refractivity contribution < 1.29 is 14.6 Å². The van der Waals surface area contributed by atoms with E-state index in [1.54, 1.807) is 4.90 Å². The molecular formula is C16H26BrN3O3. The molecule has 1 saturated heterocycles. The van der Waals surface area contributed by atoms with Gasteiger partial charge in [0.05, 0.1) is 0 Å². The number of carbonyl (C=O) groups excluding carboxylic acids is 1. The molecule has 130 valence electrons. The van der Waals surface area contributed by atoms with Crippen LogP contribution < -0.4 is 0 Å². The molecule has 1 amide bonds. The lowest BCUT2D eigenvalue weighted by Crippen LogP contribution is -2.41. The van der Waals surface area contributed by atoms with Crippen LogP contribution in [0, 0.1) is 0 Å². The number of aryl methyl sites for hydroxylation is 1. The molecule has 2 heterocycles. The van der Waals surface area contributed by atoms with Gasteiger partial charge in [-0.3, -0.25) is 0 Å². The largest absolute Gasteiger partial charge is 0.444 e. The summed E-state index contributed by atoms with van der Waals surface area (Å²) in [5.41, 5.74) is -1.43. The number of aromatic nitrogens is 2. The summed E-state index contributed by atoms with van der Waals surface area (Å²) < 4.78 is 8.02. The molecule has 0 radical (unpaired) electrons. The number of likely N-dealkylation sites (tertiary alicyclic amines) is 1. The zero-order valence-electron chi connectivity index (χ0n) is 14.3. The van der Waals surface area contributed by atoms with E-state index in [1.165, 1.54) is 0 Å². The van der Waals surface area contributed by atoms with E-state index in [0.717, 1.165) is 4.60 Å². The Labute approximate surface area is 146 Å². The molecule has 2 rings (SSSR count). The summed E-state index contributed by atoms with van der Waals surface area (Å²) in [5.74, 6) is 0.676. The van der Waals surface area contributed by atoms with Crippen molar-refractivity contribution in [1.29, 1.82) is 0 Å². The molecule has 0 aliphatic carbocycles. The number of hydrogen-bond donors (Lipinski definition) is 1. The van der Waals surface area contributed by atoms with E-state index >= 15 is 0 Å². The summed E-state index contributed by atoms with van der Waals surface area (Å²) in [4.78, 5) is 18.3. The van der Waals surface area contributed by atoms with Crippen molar-refractivity contribution in [2.45, 2.75) is 57.7 Å². The van der Waals surface area contributed by atoms with Crippen LogP contribution in [-0.4, -0.2) is 44.3 Å². The van der Waals surface area contributed by atoms with E-state index in [1.807, 2.05) is 38.6 Å². The third kappa shape index (κ3) is 4.70. The Bertz CT molecular complexity index is 555. The Morgan fingerprint density at radius 2 is 1.91 bits per heavy atom. The highest BCUT2D eigenvalue weighted by molar-refractivity contribution is 9.10. The fourth-order valence-corrected chi connectivity index (χ4v) is 3.43. The highest BCUT2D eigenvalue weighted by Gasteiger charge is 2.35. The van der Waals surface area contributed by atoms with Gasteiger partial charge in [-0.1, -0.05) is 0 Å². The van der Waals surface area contributed by atoms with Gasteiger partial charge in [0.1, 0.15) is 21.6 Å². The first kappa shape index (κ1) is 18.3. The quantitative estimate of drug-likeness (QED) is 0.803. The second-order valence-electron chi connectivity index (χ2n) is 7.20. The molecule has 1 aromatic rings. The molecule has 23 heavy (non-hydrogen) atoms. The van der Waals surface area contributed by atoms with Crippen LogP contribution in [0.5, 0.6) is 0 Å². The minimum atomic E-state index is -0.944. The fraction of sp³-hybridized carbons (Fsp3) is 0.750. The van der Waals surface area contributed by atoms with Crippen molar-refractivity contribution in [2.24, 2.45) is 7.05 Å². The van der Waals surface area contributed by atoms with Crippen molar-refractivity contribution in [3.63, 3.8) is 0 Å². The lowest BCUT2D eigenvalue weighted by atomic mass is 9.89. The minimum absolute atomic E-state index is 0.275. The Kier molecular flexibility index (Phi) is 5.41. The SMILES string of the molecule is Cn1cc(Br)nc1C1(O)CCCN(C(=O)OC(C)(C)C)CCC1.